The van der Waals surface area contributed by atoms with Crippen molar-refractivity contribution in [3.63, 3.8) is 0 Å². The number of nitrogens with one attached hydrogen (secondary N) is 1. The molecule has 0 aliphatic heterocycles. The molecule has 0 aliphatic carbocycles. The Morgan fingerprint density at radius 3 is 2.45 bits per heavy atom. The third-order valence-corrected chi connectivity index (χ3v) is 3.42. The van der Waals surface area contributed by atoms with Gasteiger partial charge >= 0.3 is 0 Å². The molecule has 0 bridgehead atoms. The van der Waals surface area contributed by atoms with Crippen molar-refractivity contribution in [1.29, 1.82) is 0 Å². The lowest BCUT2D eigenvalue weighted by atomic mass is 10.1. The lowest BCUT2D eigenvalue weighted by Crippen LogP contribution is -2.29. The van der Waals surface area contributed by atoms with Crippen molar-refractivity contribution in [2.45, 2.75) is 0 Å². The smallest absolute Gasteiger partial charge is 0.0663 e. The third kappa shape index (κ3) is 3.07. The van der Waals surface area contributed by atoms with Crippen molar-refractivity contribution in [1.82, 2.24) is 4.98 Å². The molecule has 0 saturated carbocycles. The number of hydrogen-bond donors (Lipinski definition) is 4. The van der Waals surface area contributed by atoms with Crippen LogP contribution in [0.1, 0.15) is 0 Å². The van der Waals surface area contributed by atoms with Gasteiger partial charge in [-0.25, -0.2) is 0 Å². The van der Waals surface area contributed by atoms with Gasteiger partial charge in [0.25, 0.3) is 0 Å². The summed E-state index contributed by atoms with van der Waals surface area (Å²) >= 11 is 6.19. The highest BCUT2D eigenvalue weighted by Crippen LogP contribution is 2.35. The van der Waals surface area contributed by atoms with Gasteiger partial charge in [-0.2, -0.15) is 0 Å². The minimum absolute atomic E-state index is 0.000168. The first-order valence-corrected chi connectivity index (χ1v) is 6.74. The Kier molecular flexibility index (Phi) is 4.89. The van der Waals surface area contributed by atoms with Crippen LogP contribution in [0.15, 0.2) is 30.5 Å². The molecule has 0 atom stereocenters. The molecule has 1 aromatic heterocycles. The number of aliphatic hydroxyl groups excluding tert-OH is 2. The minimum Gasteiger partial charge on any atom is -0.397 e. The first-order chi connectivity index (χ1) is 9.67. The highest BCUT2D eigenvalue weighted by atomic mass is 35.5. The summed E-state index contributed by atoms with van der Waals surface area (Å²) in [6.45, 7) is 0.843. The van der Waals surface area contributed by atoms with Gasteiger partial charge in [-0.05, 0) is 24.3 Å². The molecule has 6 heteroatoms. The van der Waals surface area contributed by atoms with E-state index in [0.717, 1.165) is 16.9 Å². The highest BCUT2D eigenvalue weighted by Gasteiger charge is 2.13. The molecule has 5 nitrogen and oxygen atoms in total. The summed E-state index contributed by atoms with van der Waals surface area (Å²) in [6.07, 6.45) is 1.81. The first-order valence-electron chi connectivity index (χ1n) is 6.36. The maximum Gasteiger partial charge on any atom is 0.0663 e. The van der Waals surface area contributed by atoms with Crippen LogP contribution in [0.5, 0.6) is 0 Å². The monoisotopic (exact) mass is 295 g/mol. The van der Waals surface area contributed by atoms with Gasteiger partial charge < -0.3 is 25.8 Å². The standard InChI is InChI=1S/C14H18ClN3O2/c15-12-9-10(18(4-6-19)5-7-20)8-11(14(12)16)13-2-1-3-17-13/h1-3,8-9,17,19-20H,4-7,16H2. The summed E-state index contributed by atoms with van der Waals surface area (Å²) in [5.74, 6) is 0. The minimum atomic E-state index is -0.000168. The van der Waals surface area contributed by atoms with Gasteiger partial charge in [0, 0.05) is 36.2 Å². The van der Waals surface area contributed by atoms with Crippen LogP contribution in [0, 0.1) is 0 Å². The number of benzene rings is 1. The van der Waals surface area contributed by atoms with Gasteiger partial charge in [0.05, 0.1) is 23.9 Å². The van der Waals surface area contributed by atoms with Crippen molar-refractivity contribution >= 4 is 23.0 Å². The summed E-state index contributed by atoms with van der Waals surface area (Å²) in [4.78, 5) is 4.95. The molecular formula is C14H18ClN3O2. The van der Waals surface area contributed by atoms with Crippen LogP contribution >= 0.6 is 11.6 Å². The molecule has 0 radical (unpaired) electrons. The maximum atomic E-state index is 9.11. The van der Waals surface area contributed by atoms with Gasteiger partial charge in [0.2, 0.25) is 0 Å². The van der Waals surface area contributed by atoms with E-state index in [4.69, 9.17) is 27.5 Å². The molecule has 0 aliphatic rings. The summed E-state index contributed by atoms with van der Waals surface area (Å²) in [5.41, 5.74) is 9.02. The van der Waals surface area contributed by atoms with E-state index in [2.05, 4.69) is 4.98 Å². The quantitative estimate of drug-likeness (QED) is 0.611. The topological polar surface area (TPSA) is 85.5 Å². The van der Waals surface area contributed by atoms with Crippen molar-refractivity contribution in [2.75, 3.05) is 36.9 Å². The van der Waals surface area contributed by atoms with Crippen LogP contribution in [0.4, 0.5) is 11.4 Å². The molecule has 1 aromatic carbocycles. The first kappa shape index (κ1) is 14.7. The fourth-order valence-corrected chi connectivity index (χ4v) is 2.33. The molecule has 0 amide bonds. The Bertz CT molecular complexity index is 552. The number of H-pyrrole nitrogens is 1. The molecule has 0 fully saturated rings. The van der Waals surface area contributed by atoms with E-state index in [-0.39, 0.29) is 13.2 Å². The lowest BCUT2D eigenvalue weighted by molar-refractivity contribution is 0.281. The number of nitrogens with two attached hydrogens (primary N) is 1. The van der Waals surface area contributed by atoms with E-state index in [0.29, 0.717) is 23.8 Å². The second kappa shape index (κ2) is 6.65. The molecule has 1 heterocycles. The Labute approximate surface area is 122 Å². The van der Waals surface area contributed by atoms with E-state index in [1.54, 1.807) is 6.07 Å². The van der Waals surface area contributed by atoms with Crippen LogP contribution < -0.4 is 10.6 Å². The van der Waals surface area contributed by atoms with Crippen molar-refractivity contribution in [2.24, 2.45) is 0 Å². The van der Waals surface area contributed by atoms with E-state index >= 15 is 0 Å². The number of aromatic amines is 1. The maximum absolute atomic E-state index is 9.11. The fraction of sp³-hybridized carbons (Fsp3) is 0.286. The van der Waals surface area contributed by atoms with E-state index in [1.807, 2.05) is 29.3 Å². The average molecular weight is 296 g/mol. The van der Waals surface area contributed by atoms with Crippen molar-refractivity contribution in [3.05, 3.63) is 35.5 Å². The molecule has 2 rings (SSSR count). The number of hydrogen-bond acceptors (Lipinski definition) is 4. The highest BCUT2D eigenvalue weighted by molar-refractivity contribution is 6.34. The van der Waals surface area contributed by atoms with Gasteiger partial charge in [-0.15, -0.1) is 0 Å². The zero-order chi connectivity index (χ0) is 14.5. The largest absolute Gasteiger partial charge is 0.397 e. The van der Waals surface area contributed by atoms with Gasteiger partial charge in [-0.3, -0.25) is 0 Å². The van der Waals surface area contributed by atoms with Gasteiger partial charge in [0.1, 0.15) is 0 Å². The number of nitrogens with zero attached hydrogens (tertiary/aromatic N) is 1. The van der Waals surface area contributed by atoms with Gasteiger partial charge in [0.15, 0.2) is 0 Å². The van der Waals surface area contributed by atoms with Crippen LogP contribution in [-0.2, 0) is 0 Å². The second-order valence-electron chi connectivity index (χ2n) is 4.41. The number of nitrogen functional groups attached to an aromatic ring is 1. The average Bonchev–Trinajstić information content (AvgIpc) is 2.95. The molecule has 2 aromatic rings. The second-order valence-corrected chi connectivity index (χ2v) is 4.81. The lowest BCUT2D eigenvalue weighted by Gasteiger charge is -2.24. The number of aliphatic hydroxyl groups is 2. The fourth-order valence-electron chi connectivity index (χ4n) is 2.12. The SMILES string of the molecule is Nc1c(Cl)cc(N(CCO)CCO)cc1-c1ccc[nH]1. The predicted octanol–water partition coefficient (Wildman–Crippen LogP) is 1.71. The molecule has 20 heavy (non-hydrogen) atoms. The predicted molar refractivity (Wildman–Crippen MR) is 82.0 cm³/mol. The van der Waals surface area contributed by atoms with Gasteiger partial charge in [-0.1, -0.05) is 11.6 Å². The normalized spacial score (nSPS) is 10.8. The Balaban J connectivity index is 2.44. The van der Waals surface area contributed by atoms with E-state index < -0.39 is 0 Å². The number of aromatic nitrogens is 1. The van der Waals surface area contributed by atoms with Crippen molar-refractivity contribution < 1.29 is 10.2 Å². The Hall–Kier alpha value is -1.69. The summed E-state index contributed by atoms with van der Waals surface area (Å²) in [7, 11) is 0. The molecular weight excluding hydrogens is 278 g/mol. The van der Waals surface area contributed by atoms with E-state index in [1.165, 1.54) is 0 Å². The summed E-state index contributed by atoms with van der Waals surface area (Å²) < 4.78 is 0. The molecule has 0 saturated heterocycles. The third-order valence-electron chi connectivity index (χ3n) is 3.11. The van der Waals surface area contributed by atoms with Crippen molar-refractivity contribution in [3.8, 4) is 11.3 Å². The molecule has 0 spiro atoms. The number of rotatable bonds is 6. The summed E-state index contributed by atoms with van der Waals surface area (Å²) in [5, 5.41) is 18.7. The van der Waals surface area contributed by atoms with Crippen LogP contribution in [0.25, 0.3) is 11.3 Å². The number of halogens is 1. The van der Waals surface area contributed by atoms with Crippen LogP contribution in [0.3, 0.4) is 0 Å². The zero-order valence-corrected chi connectivity index (χ0v) is 11.8. The molecule has 108 valence electrons. The number of anilines is 2. The Morgan fingerprint density at radius 1 is 1.20 bits per heavy atom. The van der Waals surface area contributed by atoms with E-state index in [9.17, 15) is 0 Å². The molecule has 0 unspecified atom stereocenters. The summed E-state index contributed by atoms with van der Waals surface area (Å²) in [6, 6.07) is 7.44. The van der Waals surface area contributed by atoms with Crippen LogP contribution in [0.2, 0.25) is 5.02 Å². The molecule has 5 N–H and O–H groups in total. The zero-order valence-electron chi connectivity index (χ0n) is 11.0. The Morgan fingerprint density at radius 2 is 1.90 bits per heavy atom. The van der Waals surface area contributed by atoms with Crippen LogP contribution in [-0.4, -0.2) is 41.5 Å².